The van der Waals surface area contributed by atoms with Crippen LogP contribution in [0, 0.1) is 4.91 Å². The fraction of sp³-hybridized carbons (Fsp3) is 0.250. The fourth-order valence-corrected chi connectivity index (χ4v) is 0.849. The molecule has 0 heterocycles. The fourth-order valence-electron chi connectivity index (χ4n) is 0.849. The van der Waals surface area contributed by atoms with Gasteiger partial charge in [0.25, 0.3) is 0 Å². The van der Waals surface area contributed by atoms with E-state index >= 15 is 0 Å². The lowest BCUT2D eigenvalue weighted by atomic mass is 10.3. The van der Waals surface area contributed by atoms with Gasteiger partial charge in [-0.1, -0.05) is 0 Å². The molecule has 12 heavy (non-hydrogen) atoms. The van der Waals surface area contributed by atoms with Crippen LogP contribution in [-0.4, -0.2) is 11.7 Å². The third-order valence-electron chi connectivity index (χ3n) is 1.34. The molecule has 4 nitrogen and oxygen atoms in total. The van der Waals surface area contributed by atoms with E-state index in [2.05, 4.69) is 5.18 Å². The number of phenolic OH excluding ortho intramolecular Hbond substituents is 1. The number of aromatic hydroxyl groups is 1. The third-order valence-corrected chi connectivity index (χ3v) is 1.34. The minimum atomic E-state index is 0.0610. The molecule has 0 saturated carbocycles. The summed E-state index contributed by atoms with van der Waals surface area (Å²) in [5, 5.41) is 11.8. The molecule has 0 aliphatic heterocycles. The van der Waals surface area contributed by atoms with Gasteiger partial charge < -0.3 is 9.84 Å². The van der Waals surface area contributed by atoms with Crippen molar-refractivity contribution >= 4 is 5.69 Å². The van der Waals surface area contributed by atoms with E-state index in [4.69, 9.17) is 9.84 Å². The third kappa shape index (κ3) is 1.72. The van der Waals surface area contributed by atoms with Crippen LogP contribution in [0.4, 0.5) is 5.69 Å². The normalized spacial score (nSPS) is 9.42. The molecule has 64 valence electrons. The van der Waals surface area contributed by atoms with E-state index in [9.17, 15) is 4.91 Å². The molecule has 0 saturated heterocycles. The molecule has 0 bridgehead atoms. The molecular weight excluding hydrogens is 158 g/mol. The van der Waals surface area contributed by atoms with Gasteiger partial charge in [0.05, 0.1) is 6.61 Å². The van der Waals surface area contributed by atoms with Crippen molar-refractivity contribution < 1.29 is 9.84 Å². The predicted octanol–water partition coefficient (Wildman–Crippen LogP) is 2.19. The first-order chi connectivity index (χ1) is 5.77. The molecule has 0 unspecified atom stereocenters. The maximum atomic E-state index is 10.2. The highest BCUT2D eigenvalue weighted by Gasteiger charge is 2.03. The zero-order valence-corrected chi connectivity index (χ0v) is 6.65. The van der Waals surface area contributed by atoms with Crippen molar-refractivity contribution in [2.45, 2.75) is 6.92 Å². The summed E-state index contributed by atoms with van der Waals surface area (Å²) in [6, 6.07) is 4.16. The van der Waals surface area contributed by atoms with Gasteiger partial charge in [-0.15, -0.1) is 4.91 Å². The Labute approximate surface area is 69.8 Å². The van der Waals surface area contributed by atoms with Gasteiger partial charge in [0, 0.05) is 6.07 Å². The second kappa shape index (κ2) is 3.71. The van der Waals surface area contributed by atoms with Crippen LogP contribution in [0.1, 0.15) is 6.92 Å². The summed E-state index contributed by atoms with van der Waals surface area (Å²) in [7, 11) is 0. The topological polar surface area (TPSA) is 58.9 Å². The van der Waals surface area contributed by atoms with Gasteiger partial charge in [0.2, 0.25) is 0 Å². The van der Waals surface area contributed by atoms with Gasteiger partial charge in [-0.3, -0.25) is 0 Å². The summed E-state index contributed by atoms with van der Waals surface area (Å²) in [6.45, 7) is 2.23. The standard InChI is InChI=1S/C8H9NO3/c1-2-12-8-5-6(10)3-4-7(8)9-11/h3-5,10H,2H2,1H3. The molecule has 1 aromatic rings. The van der Waals surface area contributed by atoms with Gasteiger partial charge >= 0.3 is 0 Å². The summed E-state index contributed by atoms with van der Waals surface area (Å²) in [5.74, 6) is 0.373. The van der Waals surface area contributed by atoms with Crippen molar-refractivity contribution in [3.8, 4) is 11.5 Å². The SMILES string of the molecule is CCOc1cc(O)ccc1N=O. The lowest BCUT2D eigenvalue weighted by Gasteiger charge is -2.04. The number of nitrogens with zero attached hydrogens (tertiary/aromatic N) is 1. The van der Waals surface area contributed by atoms with Crippen LogP contribution in [0.25, 0.3) is 0 Å². The summed E-state index contributed by atoms with van der Waals surface area (Å²) < 4.78 is 5.05. The Balaban J connectivity index is 3.03. The van der Waals surface area contributed by atoms with Crippen molar-refractivity contribution in [2.24, 2.45) is 5.18 Å². The zero-order chi connectivity index (χ0) is 8.97. The maximum Gasteiger partial charge on any atom is 0.152 e. The molecule has 0 atom stereocenters. The molecule has 0 amide bonds. The summed E-state index contributed by atoms with van der Waals surface area (Å²) in [4.78, 5) is 10.2. The molecular formula is C8H9NO3. The predicted molar refractivity (Wildman–Crippen MR) is 44.7 cm³/mol. The molecule has 0 aliphatic rings. The van der Waals surface area contributed by atoms with E-state index in [0.29, 0.717) is 12.4 Å². The lowest BCUT2D eigenvalue weighted by molar-refractivity contribution is 0.339. The minimum absolute atomic E-state index is 0.0610. The first-order valence-electron chi connectivity index (χ1n) is 3.57. The van der Waals surface area contributed by atoms with Crippen LogP contribution in [0.3, 0.4) is 0 Å². The van der Waals surface area contributed by atoms with Crippen LogP contribution < -0.4 is 4.74 Å². The van der Waals surface area contributed by atoms with Gasteiger partial charge in [0.15, 0.2) is 5.75 Å². The average Bonchev–Trinajstić information content (AvgIpc) is 2.05. The number of hydrogen-bond acceptors (Lipinski definition) is 4. The molecule has 4 heteroatoms. The number of benzene rings is 1. The molecule has 1 aromatic carbocycles. The van der Waals surface area contributed by atoms with Crippen LogP contribution in [0.15, 0.2) is 23.4 Å². The summed E-state index contributed by atoms with van der Waals surface area (Å²) in [5.41, 5.74) is 0.203. The average molecular weight is 167 g/mol. The van der Waals surface area contributed by atoms with Crippen molar-refractivity contribution in [1.29, 1.82) is 0 Å². The van der Waals surface area contributed by atoms with Crippen LogP contribution in [-0.2, 0) is 0 Å². The molecule has 0 aliphatic carbocycles. The largest absolute Gasteiger partial charge is 0.508 e. The van der Waals surface area contributed by atoms with E-state index in [0.717, 1.165) is 0 Å². The Morgan fingerprint density at radius 2 is 2.33 bits per heavy atom. The minimum Gasteiger partial charge on any atom is -0.508 e. The quantitative estimate of drug-likeness (QED) is 0.702. The van der Waals surface area contributed by atoms with Gasteiger partial charge in [-0.2, -0.15) is 0 Å². The van der Waals surface area contributed by atoms with E-state index < -0.39 is 0 Å². The van der Waals surface area contributed by atoms with E-state index in [1.54, 1.807) is 6.92 Å². The van der Waals surface area contributed by atoms with Gasteiger partial charge in [-0.05, 0) is 24.2 Å². The molecule has 1 N–H and O–H groups in total. The Kier molecular flexibility index (Phi) is 2.63. The summed E-state index contributed by atoms with van der Waals surface area (Å²) >= 11 is 0. The zero-order valence-electron chi connectivity index (χ0n) is 6.65. The van der Waals surface area contributed by atoms with Crippen LogP contribution >= 0.6 is 0 Å². The molecule has 0 spiro atoms. The number of hydrogen-bond donors (Lipinski definition) is 1. The first-order valence-corrected chi connectivity index (χ1v) is 3.57. The molecule has 0 radical (unpaired) electrons. The lowest BCUT2D eigenvalue weighted by Crippen LogP contribution is -1.90. The number of phenols is 1. The molecule has 0 fully saturated rings. The number of nitroso groups, excluding NO2 is 1. The monoisotopic (exact) mass is 167 g/mol. The van der Waals surface area contributed by atoms with Crippen molar-refractivity contribution in [3.63, 3.8) is 0 Å². The second-order valence-corrected chi connectivity index (χ2v) is 2.18. The highest BCUT2D eigenvalue weighted by atomic mass is 16.5. The summed E-state index contributed by atoms with van der Waals surface area (Å²) in [6.07, 6.45) is 0. The molecule has 1 rings (SSSR count). The number of rotatable bonds is 3. The Morgan fingerprint density at radius 1 is 1.58 bits per heavy atom. The molecule has 0 aromatic heterocycles. The highest BCUT2D eigenvalue weighted by molar-refractivity contribution is 5.54. The Hall–Kier alpha value is -1.58. The van der Waals surface area contributed by atoms with Crippen molar-refractivity contribution in [1.82, 2.24) is 0 Å². The Bertz CT molecular complexity index is 286. The van der Waals surface area contributed by atoms with Crippen LogP contribution in [0.2, 0.25) is 0 Å². The van der Waals surface area contributed by atoms with Gasteiger partial charge in [-0.25, -0.2) is 0 Å². The maximum absolute atomic E-state index is 10.2. The second-order valence-electron chi connectivity index (χ2n) is 2.18. The van der Waals surface area contributed by atoms with E-state index in [1.165, 1.54) is 18.2 Å². The van der Waals surface area contributed by atoms with Gasteiger partial charge in [0.1, 0.15) is 11.4 Å². The number of ether oxygens (including phenoxy) is 1. The van der Waals surface area contributed by atoms with Crippen molar-refractivity contribution in [2.75, 3.05) is 6.61 Å². The van der Waals surface area contributed by atoms with E-state index in [1.807, 2.05) is 0 Å². The smallest absolute Gasteiger partial charge is 0.152 e. The van der Waals surface area contributed by atoms with Crippen LogP contribution in [0.5, 0.6) is 11.5 Å². The first kappa shape index (κ1) is 8.52. The van der Waals surface area contributed by atoms with Crippen molar-refractivity contribution in [3.05, 3.63) is 23.1 Å². The Morgan fingerprint density at radius 3 is 2.92 bits per heavy atom. The van der Waals surface area contributed by atoms with E-state index in [-0.39, 0.29) is 11.4 Å². The highest BCUT2D eigenvalue weighted by Crippen LogP contribution is 2.30.